The van der Waals surface area contributed by atoms with Crippen LogP contribution in [0.25, 0.3) is 0 Å². The molecule has 1 spiro atoms. The van der Waals surface area contributed by atoms with Crippen LogP contribution in [0.4, 0.5) is 0 Å². The smallest absolute Gasteiger partial charge is 0.223 e. The predicted molar refractivity (Wildman–Crippen MR) is 128 cm³/mol. The zero-order valence-electron chi connectivity index (χ0n) is 20.3. The highest BCUT2D eigenvalue weighted by atomic mass is 16.7. The van der Waals surface area contributed by atoms with E-state index in [2.05, 4.69) is 43.3 Å². The van der Waals surface area contributed by atoms with Crippen LogP contribution in [-0.4, -0.2) is 57.4 Å². The van der Waals surface area contributed by atoms with E-state index in [0.29, 0.717) is 13.0 Å². The molecule has 1 aliphatic carbocycles. The molecule has 1 saturated heterocycles. The molecular formula is C27H36N2O4. The van der Waals surface area contributed by atoms with Crippen molar-refractivity contribution in [1.29, 1.82) is 0 Å². The number of hydrogen-bond acceptors (Lipinski definition) is 5. The number of nitrogens with zero attached hydrogens (tertiary/aromatic N) is 2. The molecule has 1 saturated carbocycles. The van der Waals surface area contributed by atoms with Gasteiger partial charge in [-0.2, -0.15) is 0 Å². The van der Waals surface area contributed by atoms with E-state index in [1.54, 1.807) is 14.2 Å². The van der Waals surface area contributed by atoms with E-state index in [4.69, 9.17) is 14.2 Å². The van der Waals surface area contributed by atoms with Gasteiger partial charge in [0, 0.05) is 32.2 Å². The van der Waals surface area contributed by atoms with Gasteiger partial charge in [0.05, 0.1) is 7.11 Å². The van der Waals surface area contributed by atoms with Gasteiger partial charge in [0.15, 0.2) is 6.79 Å². The molecule has 1 aliphatic heterocycles. The van der Waals surface area contributed by atoms with Gasteiger partial charge >= 0.3 is 0 Å². The third kappa shape index (κ3) is 4.87. The molecule has 1 amide bonds. The first-order valence-corrected chi connectivity index (χ1v) is 11.7. The van der Waals surface area contributed by atoms with Gasteiger partial charge < -0.3 is 19.1 Å². The van der Waals surface area contributed by atoms with Crippen LogP contribution in [0.1, 0.15) is 43.2 Å². The highest BCUT2D eigenvalue weighted by molar-refractivity contribution is 5.79. The topological polar surface area (TPSA) is 51.2 Å². The van der Waals surface area contributed by atoms with E-state index in [-0.39, 0.29) is 23.7 Å². The maximum Gasteiger partial charge on any atom is 0.223 e. The number of rotatable bonds is 8. The summed E-state index contributed by atoms with van der Waals surface area (Å²) < 4.78 is 15.8. The molecule has 33 heavy (non-hydrogen) atoms. The van der Waals surface area contributed by atoms with Crippen molar-refractivity contribution in [2.75, 3.05) is 41.7 Å². The van der Waals surface area contributed by atoms with Crippen LogP contribution in [0.5, 0.6) is 11.5 Å². The van der Waals surface area contributed by atoms with Crippen molar-refractivity contribution in [3.63, 3.8) is 0 Å². The fraction of sp³-hybridized carbons (Fsp3) is 0.519. The molecule has 0 N–H and O–H groups in total. The quantitative estimate of drug-likeness (QED) is 0.555. The van der Waals surface area contributed by atoms with Crippen molar-refractivity contribution in [2.24, 2.45) is 5.41 Å². The lowest BCUT2D eigenvalue weighted by Gasteiger charge is -2.49. The molecule has 0 unspecified atom stereocenters. The Bertz CT molecular complexity index is 932. The molecule has 6 nitrogen and oxygen atoms in total. The molecule has 4 rings (SSSR count). The monoisotopic (exact) mass is 452 g/mol. The molecule has 2 fully saturated rings. The van der Waals surface area contributed by atoms with Crippen LogP contribution in [0.15, 0.2) is 48.5 Å². The number of methoxy groups -OCH3 is 2. The maximum absolute atomic E-state index is 12.9. The van der Waals surface area contributed by atoms with Crippen LogP contribution >= 0.6 is 0 Å². The summed E-state index contributed by atoms with van der Waals surface area (Å²) in [5, 5.41) is 0. The van der Waals surface area contributed by atoms with Gasteiger partial charge in [0.25, 0.3) is 0 Å². The molecule has 1 heterocycles. The number of likely N-dealkylation sites (tertiary alicyclic amines) is 1. The Morgan fingerprint density at radius 2 is 1.55 bits per heavy atom. The van der Waals surface area contributed by atoms with Gasteiger partial charge in [-0.05, 0) is 80.6 Å². The Hall–Kier alpha value is -2.57. The normalized spacial score (nSPS) is 25.1. The Kier molecular flexibility index (Phi) is 6.96. The average Bonchev–Trinajstić information content (AvgIpc) is 3.13. The summed E-state index contributed by atoms with van der Waals surface area (Å²) in [6, 6.07) is 16.4. The number of hydrogen-bond donors (Lipinski definition) is 0. The summed E-state index contributed by atoms with van der Waals surface area (Å²) in [4.78, 5) is 17.3. The standard InChI is InChI=1S/C27H36N2O4/c1-28(2)27(22-7-11-24(12-8-22)33-20-31-3)15-13-26(14-16-27)17-25(30)29(19-26)18-21-5-9-23(32-4)10-6-21/h5-12H,13-20H2,1-4H3. The number of benzene rings is 2. The Morgan fingerprint density at radius 1 is 0.909 bits per heavy atom. The number of carbonyl (C=O) groups excluding carboxylic acids is 1. The highest BCUT2D eigenvalue weighted by Crippen LogP contribution is 2.52. The molecule has 178 valence electrons. The maximum atomic E-state index is 12.9. The van der Waals surface area contributed by atoms with Gasteiger partial charge in [-0.3, -0.25) is 9.69 Å². The van der Waals surface area contributed by atoms with E-state index >= 15 is 0 Å². The zero-order valence-corrected chi connectivity index (χ0v) is 20.3. The van der Waals surface area contributed by atoms with E-state index in [0.717, 1.165) is 49.3 Å². The second kappa shape index (κ2) is 9.74. The van der Waals surface area contributed by atoms with Crippen molar-refractivity contribution in [2.45, 2.75) is 44.2 Å². The molecule has 6 heteroatoms. The second-order valence-corrected chi connectivity index (χ2v) is 9.78. The molecule has 0 bridgehead atoms. The van der Waals surface area contributed by atoms with Gasteiger partial charge in [0.2, 0.25) is 5.91 Å². The van der Waals surface area contributed by atoms with E-state index in [9.17, 15) is 4.79 Å². The third-order valence-electron chi connectivity index (χ3n) is 7.67. The minimum absolute atomic E-state index is 0.0164. The summed E-state index contributed by atoms with van der Waals surface area (Å²) in [5.74, 6) is 1.94. The number of ether oxygens (including phenoxy) is 3. The van der Waals surface area contributed by atoms with Crippen LogP contribution in [0.3, 0.4) is 0 Å². The molecular weight excluding hydrogens is 416 g/mol. The molecule has 0 aromatic heterocycles. The largest absolute Gasteiger partial charge is 0.497 e. The van der Waals surface area contributed by atoms with Gasteiger partial charge in [-0.1, -0.05) is 24.3 Å². The number of amides is 1. The molecule has 0 radical (unpaired) electrons. The van der Waals surface area contributed by atoms with Crippen LogP contribution < -0.4 is 9.47 Å². The fourth-order valence-electron chi connectivity index (χ4n) is 5.59. The minimum atomic E-state index is -0.0164. The first-order valence-electron chi connectivity index (χ1n) is 11.7. The summed E-state index contributed by atoms with van der Waals surface area (Å²) in [6.07, 6.45) is 4.86. The zero-order chi connectivity index (χ0) is 23.5. The van der Waals surface area contributed by atoms with Crippen LogP contribution in [-0.2, 0) is 21.6 Å². The van der Waals surface area contributed by atoms with Crippen molar-refractivity contribution in [3.05, 3.63) is 59.7 Å². The lowest BCUT2D eigenvalue weighted by Crippen LogP contribution is -2.47. The SMILES string of the molecule is COCOc1ccc(C2(N(C)C)CCC3(CC2)CC(=O)N(Cc2ccc(OC)cc2)C3)cc1. The first-order chi connectivity index (χ1) is 15.9. The summed E-state index contributed by atoms with van der Waals surface area (Å²) in [6.45, 7) is 1.78. The Morgan fingerprint density at radius 3 is 2.12 bits per heavy atom. The van der Waals surface area contributed by atoms with Crippen molar-refractivity contribution >= 4 is 5.91 Å². The molecule has 2 aromatic carbocycles. The Labute approximate surface area is 197 Å². The van der Waals surface area contributed by atoms with Crippen molar-refractivity contribution in [3.8, 4) is 11.5 Å². The summed E-state index contributed by atoms with van der Waals surface area (Å²) in [7, 11) is 7.63. The summed E-state index contributed by atoms with van der Waals surface area (Å²) >= 11 is 0. The number of carbonyl (C=O) groups is 1. The third-order valence-corrected chi connectivity index (χ3v) is 7.67. The van der Waals surface area contributed by atoms with E-state index in [1.165, 1.54) is 5.56 Å². The van der Waals surface area contributed by atoms with Gasteiger partial charge in [-0.25, -0.2) is 0 Å². The average molecular weight is 453 g/mol. The lowest BCUT2D eigenvalue weighted by molar-refractivity contribution is -0.128. The summed E-state index contributed by atoms with van der Waals surface area (Å²) in [5.41, 5.74) is 2.53. The molecule has 2 aromatic rings. The minimum Gasteiger partial charge on any atom is -0.497 e. The first kappa shape index (κ1) is 23.6. The molecule has 0 atom stereocenters. The second-order valence-electron chi connectivity index (χ2n) is 9.78. The van der Waals surface area contributed by atoms with Gasteiger partial charge in [-0.15, -0.1) is 0 Å². The van der Waals surface area contributed by atoms with Crippen molar-refractivity contribution < 1.29 is 19.0 Å². The fourth-order valence-corrected chi connectivity index (χ4v) is 5.59. The van der Waals surface area contributed by atoms with Crippen molar-refractivity contribution in [1.82, 2.24) is 9.80 Å². The van der Waals surface area contributed by atoms with Gasteiger partial charge in [0.1, 0.15) is 11.5 Å². The Balaban J connectivity index is 1.43. The lowest BCUT2D eigenvalue weighted by atomic mass is 9.64. The predicted octanol–water partition coefficient (Wildman–Crippen LogP) is 4.43. The van der Waals surface area contributed by atoms with Crippen LogP contribution in [0.2, 0.25) is 0 Å². The van der Waals surface area contributed by atoms with E-state index < -0.39 is 0 Å². The molecule has 2 aliphatic rings. The van der Waals surface area contributed by atoms with Crippen LogP contribution in [0, 0.1) is 5.41 Å². The highest BCUT2D eigenvalue weighted by Gasteiger charge is 2.50. The van der Waals surface area contributed by atoms with E-state index in [1.807, 2.05) is 29.2 Å².